The summed E-state index contributed by atoms with van der Waals surface area (Å²) >= 11 is 0. The highest BCUT2D eigenvalue weighted by atomic mass is 16.5. The zero-order valence-corrected chi connectivity index (χ0v) is 14.4. The Morgan fingerprint density at radius 1 is 1.23 bits per heavy atom. The fourth-order valence-electron chi connectivity index (χ4n) is 3.08. The van der Waals surface area contributed by atoms with Gasteiger partial charge in [0.05, 0.1) is 0 Å². The first-order valence-corrected chi connectivity index (χ1v) is 8.61. The number of hydrogen-bond acceptors (Lipinski definition) is 8. The van der Waals surface area contributed by atoms with Gasteiger partial charge in [0.1, 0.15) is 23.9 Å². The summed E-state index contributed by atoms with van der Waals surface area (Å²) in [6.07, 6.45) is 5.87. The molecular weight excluding hydrogens is 334 g/mol. The van der Waals surface area contributed by atoms with Gasteiger partial charge in [0.25, 0.3) is 0 Å². The van der Waals surface area contributed by atoms with Crippen LogP contribution in [0.25, 0.3) is 11.2 Å². The van der Waals surface area contributed by atoms with E-state index in [9.17, 15) is 4.79 Å². The Labute approximate surface area is 149 Å². The molecule has 0 radical (unpaired) electrons. The third kappa shape index (κ3) is 3.46. The van der Waals surface area contributed by atoms with Gasteiger partial charge in [0, 0.05) is 18.9 Å². The lowest BCUT2D eigenvalue weighted by molar-refractivity contribution is -0.132. The van der Waals surface area contributed by atoms with Gasteiger partial charge in [-0.2, -0.15) is 4.98 Å². The summed E-state index contributed by atoms with van der Waals surface area (Å²) < 4.78 is 5.15. The van der Waals surface area contributed by atoms with Crippen molar-refractivity contribution < 1.29 is 9.32 Å². The van der Waals surface area contributed by atoms with Gasteiger partial charge in [-0.05, 0) is 38.3 Å². The minimum absolute atomic E-state index is 0.0133. The van der Waals surface area contributed by atoms with Crippen LogP contribution >= 0.6 is 0 Å². The van der Waals surface area contributed by atoms with E-state index in [-0.39, 0.29) is 11.9 Å². The van der Waals surface area contributed by atoms with Gasteiger partial charge in [-0.3, -0.25) is 9.78 Å². The van der Waals surface area contributed by atoms with Crippen LogP contribution in [0.15, 0.2) is 29.0 Å². The Balaban J connectivity index is 1.51. The molecule has 0 bridgehead atoms. The lowest BCUT2D eigenvalue weighted by Crippen LogP contribution is -2.41. The highest BCUT2D eigenvalue weighted by Gasteiger charge is 2.28. The molecule has 134 valence electrons. The van der Waals surface area contributed by atoms with Crippen molar-refractivity contribution in [2.24, 2.45) is 0 Å². The number of aromatic nitrogens is 5. The van der Waals surface area contributed by atoms with Crippen molar-refractivity contribution in [3.8, 4) is 0 Å². The van der Waals surface area contributed by atoms with Gasteiger partial charge < -0.3 is 14.7 Å². The lowest BCUT2D eigenvalue weighted by atomic mass is 10.1. The number of hydrogen-bond donors (Lipinski definition) is 1. The van der Waals surface area contributed by atoms with E-state index >= 15 is 0 Å². The Bertz CT molecular complexity index is 926. The highest BCUT2D eigenvalue weighted by Crippen LogP contribution is 2.19. The van der Waals surface area contributed by atoms with Crippen LogP contribution in [0.4, 0.5) is 5.82 Å². The first kappa shape index (κ1) is 16.4. The molecule has 1 saturated heterocycles. The second-order valence-electron chi connectivity index (χ2n) is 6.28. The minimum atomic E-state index is -0.344. The van der Waals surface area contributed by atoms with E-state index in [0.29, 0.717) is 36.3 Å². The zero-order chi connectivity index (χ0) is 17.9. The third-order valence-corrected chi connectivity index (χ3v) is 4.33. The Morgan fingerprint density at radius 3 is 2.96 bits per heavy atom. The van der Waals surface area contributed by atoms with Crippen molar-refractivity contribution in [1.29, 1.82) is 0 Å². The molecule has 1 aliphatic rings. The summed E-state index contributed by atoms with van der Waals surface area (Å²) in [5.74, 6) is 1.65. The average molecular weight is 353 g/mol. The van der Waals surface area contributed by atoms with E-state index in [2.05, 4.69) is 30.4 Å². The van der Waals surface area contributed by atoms with Crippen molar-refractivity contribution >= 4 is 22.9 Å². The molecule has 1 unspecified atom stereocenters. The molecule has 4 rings (SSSR count). The highest BCUT2D eigenvalue weighted by molar-refractivity contribution is 5.85. The quantitative estimate of drug-likeness (QED) is 0.755. The van der Waals surface area contributed by atoms with Gasteiger partial charge in [-0.25, -0.2) is 9.97 Å². The topological polar surface area (TPSA) is 110 Å². The van der Waals surface area contributed by atoms with Gasteiger partial charge in [0.15, 0.2) is 11.5 Å². The molecular formula is C17H19N7O2. The maximum atomic E-state index is 12.9. The molecule has 1 fully saturated rings. The van der Waals surface area contributed by atoms with Crippen LogP contribution in [-0.4, -0.2) is 48.5 Å². The van der Waals surface area contributed by atoms with E-state index in [0.717, 1.165) is 24.8 Å². The standard InChI is InChI=1S/C17H19N7O2/c1-11-20-15(26-23-11)10-24-9-3-2-4-13(17(24)25)21-14-6-5-12-16(22-14)19-8-7-18-12/h5-8,13H,2-4,9-10H2,1H3,(H,19,21,22). The monoisotopic (exact) mass is 353 g/mol. The van der Waals surface area contributed by atoms with E-state index < -0.39 is 0 Å². The average Bonchev–Trinajstić information content (AvgIpc) is 2.99. The number of nitrogens with one attached hydrogen (secondary N) is 1. The van der Waals surface area contributed by atoms with E-state index in [1.165, 1.54) is 0 Å². The molecule has 3 aromatic rings. The minimum Gasteiger partial charge on any atom is -0.358 e. The summed E-state index contributed by atoms with van der Waals surface area (Å²) in [6.45, 7) is 2.76. The number of rotatable bonds is 4. The molecule has 0 saturated carbocycles. The second-order valence-corrected chi connectivity index (χ2v) is 6.28. The fraction of sp³-hybridized carbons (Fsp3) is 0.412. The predicted molar refractivity (Wildman–Crippen MR) is 93.0 cm³/mol. The Hall–Kier alpha value is -3.10. The summed E-state index contributed by atoms with van der Waals surface area (Å²) in [7, 11) is 0. The van der Waals surface area contributed by atoms with Crippen LogP contribution in [-0.2, 0) is 11.3 Å². The Morgan fingerprint density at radius 2 is 2.12 bits per heavy atom. The van der Waals surface area contributed by atoms with Crippen LogP contribution in [0, 0.1) is 6.92 Å². The van der Waals surface area contributed by atoms with Crippen LogP contribution < -0.4 is 5.32 Å². The van der Waals surface area contributed by atoms with Crippen molar-refractivity contribution in [2.75, 3.05) is 11.9 Å². The van der Waals surface area contributed by atoms with Crippen molar-refractivity contribution in [3.05, 3.63) is 36.2 Å². The maximum Gasteiger partial charge on any atom is 0.246 e. The normalized spacial score (nSPS) is 18.1. The molecule has 0 aromatic carbocycles. The van der Waals surface area contributed by atoms with Crippen molar-refractivity contribution in [3.63, 3.8) is 0 Å². The third-order valence-electron chi connectivity index (χ3n) is 4.33. The summed E-state index contributed by atoms with van der Waals surface area (Å²) in [5, 5.41) is 7.03. The van der Waals surface area contributed by atoms with Gasteiger partial charge in [-0.15, -0.1) is 0 Å². The number of amides is 1. The second kappa shape index (κ2) is 7.03. The molecule has 1 aliphatic heterocycles. The van der Waals surface area contributed by atoms with E-state index in [4.69, 9.17) is 4.52 Å². The Kier molecular flexibility index (Phi) is 4.42. The molecule has 4 heterocycles. The number of carbonyl (C=O) groups is 1. The van der Waals surface area contributed by atoms with Crippen LogP contribution in [0.2, 0.25) is 0 Å². The lowest BCUT2D eigenvalue weighted by Gasteiger charge is -2.23. The van der Waals surface area contributed by atoms with E-state index in [1.807, 2.05) is 12.1 Å². The number of nitrogens with zero attached hydrogens (tertiary/aromatic N) is 6. The molecule has 26 heavy (non-hydrogen) atoms. The van der Waals surface area contributed by atoms with Gasteiger partial charge >= 0.3 is 0 Å². The van der Waals surface area contributed by atoms with Crippen LogP contribution in [0.5, 0.6) is 0 Å². The van der Waals surface area contributed by atoms with Crippen molar-refractivity contribution in [2.45, 2.75) is 38.8 Å². The van der Waals surface area contributed by atoms with E-state index in [1.54, 1.807) is 24.2 Å². The van der Waals surface area contributed by atoms with Gasteiger partial charge in [0.2, 0.25) is 11.8 Å². The molecule has 9 heteroatoms. The number of anilines is 1. The first-order chi connectivity index (χ1) is 12.7. The van der Waals surface area contributed by atoms with Crippen LogP contribution in [0.1, 0.15) is 31.0 Å². The first-order valence-electron chi connectivity index (χ1n) is 8.61. The number of aryl methyl sites for hydroxylation is 1. The maximum absolute atomic E-state index is 12.9. The smallest absolute Gasteiger partial charge is 0.246 e. The molecule has 1 atom stereocenters. The fourth-order valence-corrected chi connectivity index (χ4v) is 3.08. The largest absolute Gasteiger partial charge is 0.358 e. The van der Waals surface area contributed by atoms with Gasteiger partial charge in [-0.1, -0.05) is 5.16 Å². The molecule has 3 aromatic heterocycles. The molecule has 1 amide bonds. The summed E-state index contributed by atoms with van der Waals surface area (Å²) in [5.41, 5.74) is 1.27. The number of pyridine rings is 1. The molecule has 0 spiro atoms. The number of carbonyl (C=O) groups excluding carboxylic acids is 1. The van der Waals surface area contributed by atoms with Crippen LogP contribution in [0.3, 0.4) is 0 Å². The number of fused-ring (bicyclic) bond motifs is 1. The molecule has 9 nitrogen and oxygen atoms in total. The molecule has 1 N–H and O–H groups in total. The zero-order valence-electron chi connectivity index (χ0n) is 14.4. The SMILES string of the molecule is Cc1noc(CN2CCCCC(Nc3ccc4nccnc4n3)C2=O)n1. The predicted octanol–water partition coefficient (Wildman–Crippen LogP) is 1.71. The summed E-state index contributed by atoms with van der Waals surface area (Å²) in [4.78, 5) is 31.8. The summed E-state index contributed by atoms with van der Waals surface area (Å²) in [6, 6.07) is 3.32. The van der Waals surface area contributed by atoms with Crippen molar-refractivity contribution in [1.82, 2.24) is 30.0 Å². The number of likely N-dealkylation sites (tertiary alicyclic amines) is 1. The molecule has 0 aliphatic carbocycles.